The summed E-state index contributed by atoms with van der Waals surface area (Å²) in [6.45, 7) is 1.98. The van der Waals surface area contributed by atoms with Crippen LogP contribution in [0.5, 0.6) is 0 Å². The van der Waals surface area contributed by atoms with Crippen molar-refractivity contribution in [2.75, 3.05) is 26.9 Å². The quantitative estimate of drug-likeness (QED) is 0.710. The summed E-state index contributed by atoms with van der Waals surface area (Å²) in [5.41, 5.74) is 5.11. The Morgan fingerprint density at radius 1 is 1.40 bits per heavy atom. The van der Waals surface area contributed by atoms with Gasteiger partial charge in [-0.25, -0.2) is 0 Å². The SMILES string of the molecule is COC1CC(O)(C2(CN)CCOCC2)C1. The van der Waals surface area contributed by atoms with E-state index >= 15 is 0 Å². The molecule has 0 bridgehead atoms. The lowest BCUT2D eigenvalue weighted by Crippen LogP contribution is -2.63. The van der Waals surface area contributed by atoms with Gasteiger partial charge in [0, 0.05) is 45.1 Å². The van der Waals surface area contributed by atoms with Crippen molar-refractivity contribution in [3.05, 3.63) is 0 Å². The normalized spacial score (nSPS) is 39.8. The van der Waals surface area contributed by atoms with E-state index in [0.29, 0.717) is 6.54 Å². The molecule has 0 aromatic carbocycles. The zero-order valence-electron chi connectivity index (χ0n) is 9.37. The first kappa shape index (κ1) is 11.3. The summed E-state index contributed by atoms with van der Waals surface area (Å²) in [6, 6.07) is 0. The van der Waals surface area contributed by atoms with Gasteiger partial charge >= 0.3 is 0 Å². The summed E-state index contributed by atoms with van der Waals surface area (Å²) in [6.07, 6.45) is 3.40. The molecular formula is C11H21NO3. The van der Waals surface area contributed by atoms with Crippen molar-refractivity contribution in [3.63, 3.8) is 0 Å². The van der Waals surface area contributed by atoms with Gasteiger partial charge in [-0.05, 0) is 12.8 Å². The molecule has 2 aliphatic rings. The Bertz CT molecular complexity index is 220. The van der Waals surface area contributed by atoms with Crippen molar-refractivity contribution in [3.8, 4) is 0 Å². The van der Waals surface area contributed by atoms with Crippen molar-refractivity contribution in [1.29, 1.82) is 0 Å². The largest absolute Gasteiger partial charge is 0.389 e. The lowest BCUT2D eigenvalue weighted by molar-refractivity contribution is -0.214. The predicted octanol–water partition coefficient (Wildman–Crippen LogP) is 0.282. The molecule has 0 radical (unpaired) electrons. The minimum Gasteiger partial charge on any atom is -0.389 e. The second-order valence-corrected chi connectivity index (χ2v) is 4.89. The molecule has 15 heavy (non-hydrogen) atoms. The van der Waals surface area contributed by atoms with E-state index in [9.17, 15) is 5.11 Å². The van der Waals surface area contributed by atoms with Crippen molar-refractivity contribution in [2.45, 2.75) is 37.4 Å². The molecule has 1 aliphatic carbocycles. The zero-order valence-corrected chi connectivity index (χ0v) is 9.37. The molecule has 0 amide bonds. The fourth-order valence-electron chi connectivity index (χ4n) is 2.91. The molecule has 0 spiro atoms. The lowest BCUT2D eigenvalue weighted by Gasteiger charge is -2.56. The molecule has 4 heteroatoms. The van der Waals surface area contributed by atoms with E-state index in [1.54, 1.807) is 7.11 Å². The average molecular weight is 215 g/mol. The summed E-state index contributed by atoms with van der Waals surface area (Å²) >= 11 is 0. The molecule has 0 unspecified atom stereocenters. The maximum absolute atomic E-state index is 10.6. The predicted molar refractivity (Wildman–Crippen MR) is 56.5 cm³/mol. The molecule has 4 nitrogen and oxygen atoms in total. The topological polar surface area (TPSA) is 64.7 Å². The molecule has 1 heterocycles. The first-order valence-corrected chi connectivity index (χ1v) is 5.69. The van der Waals surface area contributed by atoms with Gasteiger partial charge in [0.2, 0.25) is 0 Å². The van der Waals surface area contributed by atoms with Crippen LogP contribution in [0.1, 0.15) is 25.7 Å². The van der Waals surface area contributed by atoms with E-state index in [4.69, 9.17) is 15.2 Å². The first-order valence-electron chi connectivity index (χ1n) is 5.69. The van der Waals surface area contributed by atoms with E-state index in [1.807, 2.05) is 0 Å². The fourth-order valence-corrected chi connectivity index (χ4v) is 2.91. The second kappa shape index (κ2) is 4.01. The molecule has 0 aromatic heterocycles. The van der Waals surface area contributed by atoms with Gasteiger partial charge in [0.05, 0.1) is 11.7 Å². The van der Waals surface area contributed by atoms with Crippen LogP contribution in [-0.2, 0) is 9.47 Å². The third-order valence-electron chi connectivity index (χ3n) is 4.29. The highest BCUT2D eigenvalue weighted by atomic mass is 16.5. The fraction of sp³-hybridized carbons (Fsp3) is 1.00. The maximum atomic E-state index is 10.6. The molecule has 88 valence electrons. The van der Waals surface area contributed by atoms with Gasteiger partial charge in [-0.2, -0.15) is 0 Å². The van der Waals surface area contributed by atoms with Crippen LogP contribution in [0.15, 0.2) is 0 Å². The number of hydrogen-bond donors (Lipinski definition) is 2. The molecule has 1 saturated carbocycles. The van der Waals surface area contributed by atoms with Crippen molar-refractivity contribution in [1.82, 2.24) is 0 Å². The van der Waals surface area contributed by atoms with Gasteiger partial charge in [0.15, 0.2) is 0 Å². The Morgan fingerprint density at radius 3 is 2.47 bits per heavy atom. The van der Waals surface area contributed by atoms with Crippen LogP contribution < -0.4 is 5.73 Å². The van der Waals surface area contributed by atoms with Crippen LogP contribution in [-0.4, -0.2) is 43.7 Å². The smallest absolute Gasteiger partial charge is 0.0766 e. The van der Waals surface area contributed by atoms with Gasteiger partial charge in [0.25, 0.3) is 0 Å². The highest BCUT2D eigenvalue weighted by Crippen LogP contribution is 2.51. The van der Waals surface area contributed by atoms with E-state index in [-0.39, 0.29) is 11.5 Å². The molecule has 3 N–H and O–H groups in total. The standard InChI is InChI=1S/C11H21NO3/c1-14-9-6-11(13,7-9)10(8-12)2-4-15-5-3-10/h9,13H,2-8,12H2,1H3. The van der Waals surface area contributed by atoms with Crippen LogP contribution in [0.4, 0.5) is 0 Å². The molecule has 0 atom stereocenters. The summed E-state index contributed by atoms with van der Waals surface area (Å²) in [5, 5.41) is 10.6. The third-order valence-corrected chi connectivity index (χ3v) is 4.29. The van der Waals surface area contributed by atoms with E-state index in [0.717, 1.165) is 38.9 Å². The Kier molecular flexibility index (Phi) is 3.03. The van der Waals surface area contributed by atoms with Crippen molar-refractivity contribution in [2.24, 2.45) is 11.1 Å². The Balaban J connectivity index is 2.05. The number of methoxy groups -OCH3 is 1. The van der Waals surface area contributed by atoms with E-state index in [1.165, 1.54) is 0 Å². The van der Waals surface area contributed by atoms with Gasteiger partial charge in [-0.15, -0.1) is 0 Å². The minimum absolute atomic E-state index is 0.139. The summed E-state index contributed by atoms with van der Waals surface area (Å²) in [4.78, 5) is 0. The maximum Gasteiger partial charge on any atom is 0.0766 e. The highest BCUT2D eigenvalue weighted by molar-refractivity contribution is 5.09. The third kappa shape index (κ3) is 1.69. The van der Waals surface area contributed by atoms with Crippen LogP contribution >= 0.6 is 0 Å². The van der Waals surface area contributed by atoms with Crippen LogP contribution in [0.25, 0.3) is 0 Å². The Hall–Kier alpha value is -0.160. The van der Waals surface area contributed by atoms with Crippen LogP contribution in [0.2, 0.25) is 0 Å². The summed E-state index contributed by atoms with van der Waals surface area (Å²) in [5.74, 6) is 0. The number of rotatable bonds is 3. The zero-order chi connectivity index (χ0) is 10.9. The van der Waals surface area contributed by atoms with Gasteiger partial charge in [0.1, 0.15) is 0 Å². The minimum atomic E-state index is -0.619. The average Bonchev–Trinajstić information content (AvgIpc) is 2.25. The Labute approximate surface area is 90.7 Å². The molecule has 2 rings (SSSR count). The highest BCUT2D eigenvalue weighted by Gasteiger charge is 2.57. The second-order valence-electron chi connectivity index (χ2n) is 4.89. The van der Waals surface area contributed by atoms with Crippen LogP contribution in [0, 0.1) is 5.41 Å². The molecular weight excluding hydrogens is 194 g/mol. The number of hydrogen-bond acceptors (Lipinski definition) is 4. The van der Waals surface area contributed by atoms with Crippen molar-refractivity contribution >= 4 is 0 Å². The van der Waals surface area contributed by atoms with E-state index < -0.39 is 5.60 Å². The summed E-state index contributed by atoms with van der Waals surface area (Å²) < 4.78 is 10.6. The van der Waals surface area contributed by atoms with Crippen molar-refractivity contribution < 1.29 is 14.6 Å². The molecule has 0 aromatic rings. The molecule has 1 aliphatic heterocycles. The lowest BCUT2D eigenvalue weighted by atomic mass is 9.57. The monoisotopic (exact) mass is 215 g/mol. The summed E-state index contributed by atoms with van der Waals surface area (Å²) in [7, 11) is 1.70. The number of aliphatic hydroxyl groups is 1. The molecule has 1 saturated heterocycles. The van der Waals surface area contributed by atoms with Gasteiger partial charge in [-0.1, -0.05) is 0 Å². The van der Waals surface area contributed by atoms with Crippen LogP contribution in [0.3, 0.4) is 0 Å². The first-order chi connectivity index (χ1) is 7.16. The number of ether oxygens (including phenoxy) is 2. The Morgan fingerprint density at radius 2 is 2.00 bits per heavy atom. The van der Waals surface area contributed by atoms with Gasteiger partial charge < -0.3 is 20.3 Å². The number of nitrogens with two attached hydrogens (primary N) is 1. The van der Waals surface area contributed by atoms with Gasteiger partial charge in [-0.3, -0.25) is 0 Å². The molecule has 2 fully saturated rings. The van der Waals surface area contributed by atoms with E-state index in [2.05, 4.69) is 0 Å².